The van der Waals surface area contributed by atoms with E-state index in [0.29, 0.717) is 6.07 Å². The summed E-state index contributed by atoms with van der Waals surface area (Å²) in [5.74, 6) is -8.62. The van der Waals surface area contributed by atoms with Crippen LogP contribution >= 0.6 is 0 Å². The fraction of sp³-hybridized carbons (Fsp3) is 0.571. The van der Waals surface area contributed by atoms with Gasteiger partial charge in [0.15, 0.2) is 23.3 Å². The summed E-state index contributed by atoms with van der Waals surface area (Å²) in [7, 11) is 2.78. The summed E-state index contributed by atoms with van der Waals surface area (Å²) in [6.07, 6.45) is -1.28. The van der Waals surface area contributed by atoms with Gasteiger partial charge in [-0.2, -0.15) is 0 Å². The number of rotatable bonds is 7. The first-order valence-electron chi connectivity index (χ1n) is 6.64. The zero-order chi connectivity index (χ0) is 17.1. The Hall–Kier alpha value is -0.963. The molecule has 0 bridgehead atoms. The smallest absolute Gasteiger partial charge is 0.277 e. The maximum Gasteiger partial charge on any atom is 0.277 e. The molecule has 0 atom stereocenters. The van der Waals surface area contributed by atoms with Gasteiger partial charge in [0, 0.05) is 5.56 Å². The van der Waals surface area contributed by atoms with Crippen molar-refractivity contribution in [3.63, 3.8) is 0 Å². The van der Waals surface area contributed by atoms with Gasteiger partial charge in [0.25, 0.3) is 16.5 Å². The molecule has 0 saturated carbocycles. The van der Waals surface area contributed by atoms with E-state index >= 15 is 0 Å². The van der Waals surface area contributed by atoms with E-state index in [4.69, 9.17) is 13.9 Å². The van der Waals surface area contributed by atoms with Crippen LogP contribution in [0.3, 0.4) is 0 Å². The molecule has 0 spiro atoms. The second kappa shape index (κ2) is 7.54. The second-order valence-corrected chi connectivity index (χ2v) is 5.46. The summed E-state index contributed by atoms with van der Waals surface area (Å²) in [6, 6.07) is 0.543. The molecule has 0 unspecified atom stereocenters. The first kappa shape index (κ1) is 19.1. The Labute approximate surface area is 130 Å². The van der Waals surface area contributed by atoms with Crippen molar-refractivity contribution < 1.29 is 31.5 Å². The zero-order valence-corrected chi connectivity index (χ0v) is 13.7. The van der Waals surface area contributed by atoms with Crippen molar-refractivity contribution in [2.75, 3.05) is 0 Å². The van der Waals surface area contributed by atoms with Gasteiger partial charge in [0.2, 0.25) is 0 Å². The third-order valence-corrected chi connectivity index (χ3v) is 2.88. The first-order valence-corrected chi connectivity index (χ1v) is 7.05. The van der Waals surface area contributed by atoms with E-state index in [1.54, 1.807) is 27.7 Å². The first-order chi connectivity index (χ1) is 10.1. The molecular weight excluding hydrogens is 320 g/mol. The minimum absolute atomic E-state index is 0.395. The number of hydrogen-bond acceptors (Lipinski definition) is 3. The molecule has 0 saturated heterocycles. The van der Waals surface area contributed by atoms with E-state index in [2.05, 4.69) is 10.5 Å². The molecule has 0 heterocycles. The van der Waals surface area contributed by atoms with Gasteiger partial charge >= 0.3 is 0 Å². The number of hydrogen-bond donors (Lipinski definition) is 0. The summed E-state index contributed by atoms with van der Waals surface area (Å²) in [6.45, 7) is 6.69. The highest BCUT2D eigenvalue weighted by Gasteiger charge is 2.37. The lowest BCUT2D eigenvalue weighted by Crippen LogP contribution is -2.45. The van der Waals surface area contributed by atoms with Crippen molar-refractivity contribution in [3.05, 3.63) is 34.9 Å². The van der Waals surface area contributed by atoms with Crippen molar-refractivity contribution >= 4 is 10.5 Å². The minimum Gasteiger partial charge on any atom is -0.371 e. The van der Waals surface area contributed by atoms with Crippen LogP contribution in [0.4, 0.5) is 17.6 Å². The lowest BCUT2D eigenvalue weighted by Gasteiger charge is -2.35. The molecule has 0 aliphatic rings. The summed E-state index contributed by atoms with van der Waals surface area (Å²) >= 11 is 0. The van der Waals surface area contributed by atoms with Gasteiger partial charge in [0.05, 0.1) is 18.6 Å². The number of benzene rings is 1. The molecule has 3 radical (unpaired) electrons. The number of ether oxygens (including phenoxy) is 2. The summed E-state index contributed by atoms with van der Waals surface area (Å²) < 4.78 is 69.4. The highest BCUT2D eigenvalue weighted by Crippen LogP contribution is 2.28. The minimum atomic E-state index is -1.90. The average Bonchev–Trinajstić information content (AvgIpc) is 2.40. The monoisotopic (exact) mass is 337 g/mol. The van der Waals surface area contributed by atoms with Gasteiger partial charge in [-0.15, -0.1) is 0 Å². The van der Waals surface area contributed by atoms with Crippen molar-refractivity contribution in [1.29, 1.82) is 0 Å². The Balaban J connectivity index is 3.24. The van der Waals surface area contributed by atoms with Crippen LogP contribution in [0.2, 0.25) is 0 Å². The molecule has 0 aliphatic heterocycles. The fourth-order valence-corrected chi connectivity index (χ4v) is 2.07. The van der Waals surface area contributed by atoms with Crippen LogP contribution in [0.1, 0.15) is 33.3 Å². The zero-order valence-electron chi connectivity index (χ0n) is 12.7. The van der Waals surface area contributed by atoms with Crippen molar-refractivity contribution in [2.24, 2.45) is 0 Å². The molecule has 0 N–H and O–H groups in total. The molecule has 0 aromatic heterocycles. The molecule has 0 fully saturated rings. The molecule has 0 aliphatic carbocycles. The average molecular weight is 337 g/mol. The van der Waals surface area contributed by atoms with Crippen LogP contribution in [0, 0.1) is 23.3 Å². The molecule has 1 aromatic carbocycles. The normalized spacial score (nSPS) is 12.5. The Morgan fingerprint density at radius 1 is 0.955 bits per heavy atom. The van der Waals surface area contributed by atoms with E-state index in [1.807, 2.05) is 0 Å². The quantitative estimate of drug-likeness (QED) is 0.251. The SMILES string of the molecule is CC(C)OC(Cc1cc(F)c(F)c(F)c1F)(O[Si])OC(C)C. The van der Waals surface area contributed by atoms with E-state index in [0.717, 1.165) is 0 Å². The molecule has 8 heteroatoms. The lowest BCUT2D eigenvalue weighted by atomic mass is 10.1. The van der Waals surface area contributed by atoms with Crippen molar-refractivity contribution in [3.8, 4) is 0 Å². The standard InChI is InChI=1S/C14H17F4O3Si/c1-7(2)19-14(21-22,20-8(3)4)6-9-5-10(15)12(17)13(18)11(9)16/h5,7-8H,6H2,1-4H3. The van der Waals surface area contributed by atoms with E-state index < -0.39 is 53.4 Å². The van der Waals surface area contributed by atoms with Crippen molar-refractivity contribution in [1.82, 2.24) is 0 Å². The molecule has 1 aromatic rings. The maximum absolute atomic E-state index is 13.8. The van der Waals surface area contributed by atoms with Crippen LogP contribution in [-0.4, -0.2) is 28.7 Å². The summed E-state index contributed by atoms with van der Waals surface area (Å²) in [4.78, 5) is 0. The Bertz CT molecular complexity index is 513. The van der Waals surface area contributed by atoms with Gasteiger partial charge in [-0.1, -0.05) is 0 Å². The van der Waals surface area contributed by atoms with Gasteiger partial charge in [-0.05, 0) is 33.8 Å². The molecule has 22 heavy (non-hydrogen) atoms. The van der Waals surface area contributed by atoms with Crippen LogP contribution in [0.25, 0.3) is 0 Å². The van der Waals surface area contributed by atoms with Gasteiger partial charge in [-0.3, -0.25) is 0 Å². The van der Waals surface area contributed by atoms with Gasteiger partial charge < -0.3 is 13.9 Å². The summed E-state index contributed by atoms with van der Waals surface area (Å²) in [5, 5.41) is 0. The third kappa shape index (κ3) is 4.51. The molecule has 3 nitrogen and oxygen atoms in total. The Morgan fingerprint density at radius 2 is 1.45 bits per heavy atom. The fourth-order valence-electron chi connectivity index (χ4n) is 1.90. The van der Waals surface area contributed by atoms with Gasteiger partial charge in [-0.25, -0.2) is 17.6 Å². The van der Waals surface area contributed by atoms with Crippen LogP contribution in [0.15, 0.2) is 6.07 Å². The Morgan fingerprint density at radius 3 is 1.86 bits per heavy atom. The van der Waals surface area contributed by atoms with Gasteiger partial charge in [0.1, 0.15) is 0 Å². The van der Waals surface area contributed by atoms with E-state index in [9.17, 15) is 17.6 Å². The van der Waals surface area contributed by atoms with Crippen LogP contribution in [0.5, 0.6) is 0 Å². The van der Waals surface area contributed by atoms with Crippen LogP contribution < -0.4 is 0 Å². The topological polar surface area (TPSA) is 27.7 Å². The predicted molar refractivity (Wildman–Crippen MR) is 72.0 cm³/mol. The van der Waals surface area contributed by atoms with Crippen molar-refractivity contribution in [2.45, 2.75) is 52.3 Å². The highest BCUT2D eigenvalue weighted by molar-refractivity contribution is 5.98. The number of halogens is 4. The Kier molecular flexibility index (Phi) is 6.54. The van der Waals surface area contributed by atoms with E-state index in [1.165, 1.54) is 0 Å². The maximum atomic E-state index is 13.8. The van der Waals surface area contributed by atoms with E-state index in [-0.39, 0.29) is 0 Å². The largest absolute Gasteiger partial charge is 0.371 e. The highest BCUT2D eigenvalue weighted by atomic mass is 28.2. The second-order valence-electron chi connectivity index (χ2n) is 5.25. The molecule has 123 valence electrons. The van der Waals surface area contributed by atoms with Crippen LogP contribution in [-0.2, 0) is 20.3 Å². The predicted octanol–water partition coefficient (Wildman–Crippen LogP) is 3.39. The summed E-state index contributed by atoms with van der Waals surface area (Å²) in [5.41, 5.74) is -0.476. The molecule has 1 rings (SSSR count). The third-order valence-electron chi connectivity index (χ3n) is 2.57. The molecule has 0 amide bonds. The lowest BCUT2D eigenvalue weighted by molar-refractivity contribution is -0.365. The molecular formula is C14H17F4O3Si.